The van der Waals surface area contributed by atoms with Gasteiger partial charge >= 0.3 is 0 Å². The van der Waals surface area contributed by atoms with E-state index in [4.69, 9.17) is 10.5 Å². The number of aliphatic imine (C=N–C) groups is 1. The summed E-state index contributed by atoms with van der Waals surface area (Å²) in [7, 11) is 0. The van der Waals surface area contributed by atoms with E-state index in [1.165, 1.54) is 0 Å². The molecule has 3 atom stereocenters. The van der Waals surface area contributed by atoms with E-state index < -0.39 is 22.9 Å². The van der Waals surface area contributed by atoms with Crippen LogP contribution >= 0.6 is 11.8 Å². The third kappa shape index (κ3) is 3.10. The van der Waals surface area contributed by atoms with Crippen molar-refractivity contribution in [2.75, 3.05) is 12.4 Å². The Morgan fingerprint density at radius 3 is 2.82 bits per heavy atom. The minimum atomic E-state index is -1.74. The molecule has 1 fully saturated rings. The SMILES string of the molecule is C=C(/C=C(F)\C=C(/C)F)[C@]12CO[C@@H](C)C[C@@]1(F)CSC(N)=N2. The molecular formula is C15H19F3N2OS. The molecule has 2 rings (SSSR count). The molecular weight excluding hydrogens is 313 g/mol. The molecule has 0 aromatic carbocycles. The van der Waals surface area contributed by atoms with Gasteiger partial charge in [0.05, 0.1) is 18.5 Å². The van der Waals surface area contributed by atoms with Gasteiger partial charge in [-0.2, -0.15) is 0 Å². The van der Waals surface area contributed by atoms with E-state index in [2.05, 4.69) is 11.6 Å². The second-order valence-electron chi connectivity index (χ2n) is 5.68. The minimum absolute atomic E-state index is 0.0765. The molecule has 2 heterocycles. The van der Waals surface area contributed by atoms with Crippen LogP contribution in [0.5, 0.6) is 0 Å². The molecule has 2 N–H and O–H groups in total. The average molecular weight is 332 g/mol. The van der Waals surface area contributed by atoms with E-state index in [0.29, 0.717) is 6.08 Å². The van der Waals surface area contributed by atoms with E-state index in [1.807, 2.05) is 0 Å². The molecule has 0 aliphatic carbocycles. The first-order valence-electron chi connectivity index (χ1n) is 6.87. The fourth-order valence-corrected chi connectivity index (χ4v) is 3.72. The van der Waals surface area contributed by atoms with Crippen molar-refractivity contribution in [2.24, 2.45) is 10.7 Å². The first kappa shape index (κ1) is 17.1. The molecule has 3 nitrogen and oxygen atoms in total. The summed E-state index contributed by atoms with van der Waals surface area (Å²) in [4.78, 5) is 4.21. The van der Waals surface area contributed by atoms with E-state index in [1.54, 1.807) is 6.92 Å². The van der Waals surface area contributed by atoms with Crippen molar-refractivity contribution in [2.45, 2.75) is 37.6 Å². The number of hydrogen-bond donors (Lipinski definition) is 1. The molecule has 0 aromatic heterocycles. The zero-order chi connectivity index (χ0) is 16.5. The highest BCUT2D eigenvalue weighted by molar-refractivity contribution is 8.13. The van der Waals surface area contributed by atoms with Crippen LogP contribution in [0.3, 0.4) is 0 Å². The zero-order valence-corrected chi connectivity index (χ0v) is 13.4. The van der Waals surface area contributed by atoms with Crippen molar-refractivity contribution >= 4 is 16.9 Å². The second-order valence-corrected chi connectivity index (χ2v) is 6.67. The molecule has 2 aliphatic heterocycles. The molecule has 7 heteroatoms. The second kappa shape index (κ2) is 6.12. The highest BCUT2D eigenvalue weighted by Gasteiger charge is 2.59. The van der Waals surface area contributed by atoms with Crippen LogP contribution in [0.2, 0.25) is 0 Å². The van der Waals surface area contributed by atoms with Crippen LogP contribution in [0, 0.1) is 0 Å². The number of fused-ring (bicyclic) bond motifs is 1. The van der Waals surface area contributed by atoms with Gasteiger partial charge in [-0.05, 0) is 25.5 Å². The molecule has 22 heavy (non-hydrogen) atoms. The third-order valence-electron chi connectivity index (χ3n) is 3.86. The van der Waals surface area contributed by atoms with Gasteiger partial charge < -0.3 is 10.5 Å². The predicted octanol–water partition coefficient (Wildman–Crippen LogP) is 3.59. The van der Waals surface area contributed by atoms with Gasteiger partial charge in [-0.1, -0.05) is 18.3 Å². The summed E-state index contributed by atoms with van der Waals surface area (Å²) in [5, 5.41) is 0.207. The molecule has 0 spiro atoms. The van der Waals surface area contributed by atoms with E-state index >= 15 is 4.39 Å². The van der Waals surface area contributed by atoms with Crippen LogP contribution < -0.4 is 5.73 Å². The number of alkyl halides is 1. The van der Waals surface area contributed by atoms with Gasteiger partial charge in [0.25, 0.3) is 0 Å². The van der Waals surface area contributed by atoms with Gasteiger partial charge in [0.15, 0.2) is 10.8 Å². The Balaban J connectivity index is 2.44. The van der Waals surface area contributed by atoms with Crippen LogP contribution in [0.15, 0.2) is 41.0 Å². The fourth-order valence-electron chi connectivity index (χ4n) is 2.76. The summed E-state index contributed by atoms with van der Waals surface area (Å²) in [5.41, 5.74) is 2.61. The van der Waals surface area contributed by atoms with Crippen molar-refractivity contribution in [1.82, 2.24) is 0 Å². The van der Waals surface area contributed by atoms with Crippen LogP contribution in [-0.4, -0.2) is 34.8 Å². The molecule has 0 radical (unpaired) electrons. The molecule has 0 unspecified atom stereocenters. The molecule has 2 aliphatic rings. The third-order valence-corrected chi connectivity index (χ3v) is 4.85. The monoisotopic (exact) mass is 332 g/mol. The van der Waals surface area contributed by atoms with Gasteiger partial charge in [0, 0.05) is 18.2 Å². The lowest BCUT2D eigenvalue weighted by molar-refractivity contribution is -0.0884. The number of thioether (sulfide) groups is 1. The first-order chi connectivity index (χ1) is 10.2. The minimum Gasteiger partial charge on any atom is -0.379 e. The maximum Gasteiger partial charge on any atom is 0.155 e. The smallest absolute Gasteiger partial charge is 0.155 e. The lowest BCUT2D eigenvalue weighted by atomic mass is 9.73. The normalized spacial score (nSPS) is 36.6. The molecule has 0 aromatic rings. The molecule has 0 saturated carbocycles. The van der Waals surface area contributed by atoms with Crippen molar-refractivity contribution in [3.8, 4) is 0 Å². The van der Waals surface area contributed by atoms with Gasteiger partial charge in [-0.3, -0.25) is 0 Å². The van der Waals surface area contributed by atoms with Crippen molar-refractivity contribution in [3.63, 3.8) is 0 Å². The van der Waals surface area contributed by atoms with E-state index in [0.717, 1.165) is 24.8 Å². The number of halogens is 3. The molecule has 122 valence electrons. The van der Waals surface area contributed by atoms with Crippen LogP contribution in [0.1, 0.15) is 20.3 Å². The fraction of sp³-hybridized carbons (Fsp3) is 0.533. The summed E-state index contributed by atoms with van der Waals surface area (Å²) in [5.74, 6) is -1.45. The number of amidine groups is 1. The summed E-state index contributed by atoms with van der Waals surface area (Å²) >= 11 is 1.12. The Morgan fingerprint density at radius 2 is 2.18 bits per heavy atom. The standard InChI is InChI=1S/C15H19F3N2OS/c1-9(4-12(17)5-10(2)16)15-7-21-11(3)6-14(15,18)8-22-13(19)20-15/h4-5,11H,1,6-8H2,2-3H3,(H2,19,20)/b10-5+,12-4+/t11-,14+,15+/m0/s1. The lowest BCUT2D eigenvalue weighted by Gasteiger charge is -2.50. The van der Waals surface area contributed by atoms with Crippen LogP contribution in [0.25, 0.3) is 0 Å². The lowest BCUT2D eigenvalue weighted by Crippen LogP contribution is -2.63. The largest absolute Gasteiger partial charge is 0.379 e. The van der Waals surface area contributed by atoms with Crippen LogP contribution in [0.4, 0.5) is 13.2 Å². The maximum atomic E-state index is 15.5. The van der Waals surface area contributed by atoms with Gasteiger partial charge in [-0.25, -0.2) is 18.2 Å². The number of rotatable bonds is 3. The van der Waals surface area contributed by atoms with Gasteiger partial charge in [0.2, 0.25) is 0 Å². The number of ether oxygens (including phenoxy) is 1. The highest BCUT2D eigenvalue weighted by Crippen LogP contribution is 2.49. The van der Waals surface area contributed by atoms with Gasteiger partial charge in [-0.15, -0.1) is 0 Å². The summed E-state index contributed by atoms with van der Waals surface area (Å²) in [6.45, 7) is 6.56. The highest BCUT2D eigenvalue weighted by atomic mass is 32.2. The summed E-state index contributed by atoms with van der Waals surface area (Å²) in [6, 6.07) is 0. The topological polar surface area (TPSA) is 47.6 Å². The molecule has 1 saturated heterocycles. The number of hydrogen-bond acceptors (Lipinski definition) is 4. The first-order valence-corrected chi connectivity index (χ1v) is 7.86. The number of nitrogens with two attached hydrogens (primary N) is 1. The summed E-state index contributed by atoms with van der Waals surface area (Å²) < 4.78 is 47.5. The van der Waals surface area contributed by atoms with Crippen molar-refractivity contribution < 1.29 is 17.9 Å². The predicted molar refractivity (Wildman–Crippen MR) is 83.9 cm³/mol. The van der Waals surface area contributed by atoms with Crippen molar-refractivity contribution in [3.05, 3.63) is 36.0 Å². The quantitative estimate of drug-likeness (QED) is 0.804. The Hall–Kier alpha value is -1.21. The van der Waals surface area contributed by atoms with Gasteiger partial charge in [0.1, 0.15) is 11.4 Å². The molecule has 0 amide bonds. The van der Waals surface area contributed by atoms with Crippen LogP contribution in [-0.2, 0) is 4.74 Å². The van der Waals surface area contributed by atoms with Crippen molar-refractivity contribution in [1.29, 1.82) is 0 Å². The maximum absolute atomic E-state index is 15.5. The summed E-state index contributed by atoms with van der Waals surface area (Å²) in [6.07, 6.45) is 1.54. The Bertz CT molecular complexity index is 571. The Kier molecular flexibility index (Phi) is 4.77. The Labute approximate surface area is 132 Å². The van der Waals surface area contributed by atoms with E-state index in [-0.39, 0.29) is 35.6 Å². The Morgan fingerprint density at radius 1 is 1.50 bits per heavy atom. The molecule has 0 bridgehead atoms. The average Bonchev–Trinajstić information content (AvgIpc) is 2.38. The van der Waals surface area contributed by atoms with E-state index in [9.17, 15) is 8.78 Å². The number of nitrogens with zero attached hydrogens (tertiary/aromatic N) is 1. The number of allylic oxidation sites excluding steroid dienone is 3. The zero-order valence-electron chi connectivity index (χ0n) is 12.5.